The molecular formula is C19H21FN2O2. The zero-order valence-corrected chi connectivity index (χ0v) is 13.5. The van der Waals surface area contributed by atoms with Crippen molar-refractivity contribution in [3.8, 4) is 0 Å². The minimum Gasteiger partial charge on any atom is -0.393 e. The molecule has 2 aliphatic rings. The summed E-state index contributed by atoms with van der Waals surface area (Å²) in [5.41, 5.74) is 2.11. The number of hydrogen-bond acceptors (Lipinski definition) is 3. The van der Waals surface area contributed by atoms with E-state index in [1.54, 1.807) is 6.07 Å². The van der Waals surface area contributed by atoms with Gasteiger partial charge in [0, 0.05) is 23.0 Å². The Bertz CT molecular complexity index is 780. The maximum absolute atomic E-state index is 13.7. The molecule has 1 aromatic heterocycles. The van der Waals surface area contributed by atoms with Gasteiger partial charge in [-0.15, -0.1) is 0 Å². The van der Waals surface area contributed by atoms with E-state index >= 15 is 0 Å². The first kappa shape index (κ1) is 15.5. The standard InChI is InChI=1S/C19H21FN2O2/c20-12-3-8-17-15(9-12)16(10-18(22-17)11-1-2-11)19(24)21-13-4-6-14(23)7-5-13/h3,8-11,13-14,23H,1-2,4-7H2,(H,21,24). The minimum absolute atomic E-state index is 0.0713. The molecule has 0 spiro atoms. The summed E-state index contributed by atoms with van der Waals surface area (Å²) in [4.78, 5) is 17.4. The Balaban J connectivity index is 1.66. The first-order valence-corrected chi connectivity index (χ1v) is 8.69. The highest BCUT2D eigenvalue weighted by molar-refractivity contribution is 6.06. The van der Waals surface area contributed by atoms with Crippen molar-refractivity contribution in [2.75, 3.05) is 0 Å². The second kappa shape index (κ2) is 6.13. The van der Waals surface area contributed by atoms with Crippen LogP contribution in [0.15, 0.2) is 24.3 Å². The van der Waals surface area contributed by atoms with Crippen LogP contribution in [0.2, 0.25) is 0 Å². The van der Waals surface area contributed by atoms with Crippen molar-refractivity contribution >= 4 is 16.8 Å². The van der Waals surface area contributed by atoms with Crippen LogP contribution in [0.5, 0.6) is 0 Å². The molecule has 1 amide bonds. The van der Waals surface area contributed by atoms with E-state index in [-0.39, 0.29) is 23.9 Å². The highest BCUT2D eigenvalue weighted by Crippen LogP contribution is 2.40. The smallest absolute Gasteiger partial charge is 0.252 e. The summed E-state index contributed by atoms with van der Waals surface area (Å²) in [6.07, 6.45) is 4.92. The predicted octanol–water partition coefficient (Wildman–Crippen LogP) is 3.28. The van der Waals surface area contributed by atoms with Gasteiger partial charge in [-0.25, -0.2) is 4.39 Å². The summed E-state index contributed by atoms with van der Waals surface area (Å²) in [7, 11) is 0. The van der Waals surface area contributed by atoms with E-state index in [4.69, 9.17) is 0 Å². The number of carbonyl (C=O) groups excluding carboxylic acids is 1. The molecule has 2 saturated carbocycles. The molecule has 0 radical (unpaired) electrons. The molecule has 0 bridgehead atoms. The van der Waals surface area contributed by atoms with Gasteiger partial charge in [-0.3, -0.25) is 9.78 Å². The average molecular weight is 328 g/mol. The summed E-state index contributed by atoms with van der Waals surface area (Å²) in [6, 6.07) is 6.31. The zero-order chi connectivity index (χ0) is 16.7. The minimum atomic E-state index is -0.363. The number of amides is 1. The summed E-state index contributed by atoms with van der Waals surface area (Å²) < 4.78 is 13.7. The fourth-order valence-corrected chi connectivity index (χ4v) is 3.48. The van der Waals surface area contributed by atoms with Crippen LogP contribution in [-0.2, 0) is 0 Å². The van der Waals surface area contributed by atoms with Crippen LogP contribution < -0.4 is 5.32 Å². The first-order valence-electron chi connectivity index (χ1n) is 8.69. The van der Waals surface area contributed by atoms with Gasteiger partial charge in [-0.1, -0.05) is 0 Å². The number of hydrogen-bond donors (Lipinski definition) is 2. The molecule has 126 valence electrons. The SMILES string of the molecule is O=C(NC1CCC(O)CC1)c1cc(C2CC2)nc2ccc(F)cc12. The maximum Gasteiger partial charge on any atom is 0.252 e. The van der Waals surface area contributed by atoms with Gasteiger partial charge in [0.15, 0.2) is 0 Å². The first-order chi connectivity index (χ1) is 11.6. The normalized spacial score (nSPS) is 24.1. The van der Waals surface area contributed by atoms with Crippen LogP contribution in [0, 0.1) is 5.82 Å². The molecule has 0 atom stereocenters. The van der Waals surface area contributed by atoms with Gasteiger partial charge < -0.3 is 10.4 Å². The van der Waals surface area contributed by atoms with E-state index in [9.17, 15) is 14.3 Å². The molecule has 1 heterocycles. The monoisotopic (exact) mass is 328 g/mol. The number of aliphatic hydroxyl groups excluding tert-OH is 1. The Morgan fingerprint density at radius 1 is 1.12 bits per heavy atom. The molecule has 2 aliphatic carbocycles. The van der Waals surface area contributed by atoms with E-state index in [0.29, 0.717) is 35.2 Å². The van der Waals surface area contributed by atoms with E-state index in [1.165, 1.54) is 12.1 Å². The molecule has 0 saturated heterocycles. The molecule has 24 heavy (non-hydrogen) atoms. The molecule has 0 aliphatic heterocycles. The zero-order valence-electron chi connectivity index (χ0n) is 13.5. The second-order valence-corrected chi connectivity index (χ2v) is 7.01. The van der Waals surface area contributed by atoms with Gasteiger partial charge in [0.1, 0.15) is 5.82 Å². The third kappa shape index (κ3) is 3.13. The van der Waals surface area contributed by atoms with E-state index in [2.05, 4.69) is 10.3 Å². The Morgan fingerprint density at radius 2 is 1.88 bits per heavy atom. The average Bonchev–Trinajstić information content (AvgIpc) is 3.41. The number of nitrogens with zero attached hydrogens (tertiary/aromatic N) is 1. The van der Waals surface area contributed by atoms with Gasteiger partial charge in [-0.05, 0) is 62.8 Å². The van der Waals surface area contributed by atoms with Gasteiger partial charge in [-0.2, -0.15) is 0 Å². The Labute approximate surface area is 140 Å². The number of nitrogens with one attached hydrogen (secondary N) is 1. The molecule has 5 heteroatoms. The number of pyridine rings is 1. The fraction of sp³-hybridized carbons (Fsp3) is 0.474. The molecule has 0 unspecified atom stereocenters. The predicted molar refractivity (Wildman–Crippen MR) is 89.4 cm³/mol. The van der Waals surface area contributed by atoms with Gasteiger partial charge in [0.2, 0.25) is 0 Å². The highest BCUT2D eigenvalue weighted by atomic mass is 19.1. The van der Waals surface area contributed by atoms with E-state index < -0.39 is 0 Å². The van der Waals surface area contributed by atoms with Gasteiger partial charge in [0.05, 0.1) is 17.2 Å². The van der Waals surface area contributed by atoms with Gasteiger partial charge in [0.25, 0.3) is 5.91 Å². The maximum atomic E-state index is 13.7. The lowest BCUT2D eigenvalue weighted by molar-refractivity contribution is 0.0869. The Kier molecular flexibility index (Phi) is 3.96. The van der Waals surface area contributed by atoms with Crippen LogP contribution >= 0.6 is 0 Å². The fourth-order valence-electron chi connectivity index (χ4n) is 3.48. The molecule has 4 nitrogen and oxygen atoms in total. The summed E-state index contributed by atoms with van der Waals surface area (Å²) in [6.45, 7) is 0. The largest absolute Gasteiger partial charge is 0.393 e. The number of carbonyl (C=O) groups is 1. The number of aromatic nitrogens is 1. The summed E-state index contributed by atoms with van der Waals surface area (Å²) in [5.74, 6) is -0.106. The highest BCUT2D eigenvalue weighted by Gasteiger charge is 2.28. The lowest BCUT2D eigenvalue weighted by Crippen LogP contribution is -2.38. The molecule has 2 fully saturated rings. The molecule has 1 aromatic carbocycles. The number of fused-ring (bicyclic) bond motifs is 1. The lowest BCUT2D eigenvalue weighted by atomic mass is 9.93. The van der Waals surface area contributed by atoms with E-state index in [1.807, 2.05) is 6.07 Å². The van der Waals surface area contributed by atoms with Crippen molar-refractivity contribution in [1.29, 1.82) is 0 Å². The van der Waals surface area contributed by atoms with Crippen LogP contribution in [-0.4, -0.2) is 28.1 Å². The van der Waals surface area contributed by atoms with Crippen molar-refractivity contribution < 1.29 is 14.3 Å². The molecular weight excluding hydrogens is 307 g/mol. The number of rotatable bonds is 3. The van der Waals surface area contributed by atoms with Crippen molar-refractivity contribution in [2.45, 2.75) is 56.6 Å². The number of halogens is 1. The third-order valence-electron chi connectivity index (χ3n) is 5.06. The van der Waals surface area contributed by atoms with Crippen LogP contribution in [0.25, 0.3) is 10.9 Å². The van der Waals surface area contributed by atoms with Crippen molar-refractivity contribution in [1.82, 2.24) is 10.3 Å². The molecule has 4 rings (SSSR count). The second-order valence-electron chi connectivity index (χ2n) is 7.01. The van der Waals surface area contributed by atoms with Crippen LogP contribution in [0.1, 0.15) is 60.5 Å². The van der Waals surface area contributed by atoms with E-state index in [0.717, 1.165) is 31.4 Å². The summed E-state index contributed by atoms with van der Waals surface area (Å²) in [5, 5.41) is 13.2. The quantitative estimate of drug-likeness (QED) is 0.909. The Hall–Kier alpha value is -2.01. The van der Waals surface area contributed by atoms with Gasteiger partial charge >= 0.3 is 0 Å². The number of benzene rings is 1. The lowest BCUT2D eigenvalue weighted by Gasteiger charge is -2.26. The molecule has 2 aromatic rings. The summed E-state index contributed by atoms with van der Waals surface area (Å²) >= 11 is 0. The number of aliphatic hydroxyl groups is 1. The van der Waals surface area contributed by atoms with Crippen molar-refractivity contribution in [2.24, 2.45) is 0 Å². The Morgan fingerprint density at radius 3 is 2.58 bits per heavy atom. The molecule has 2 N–H and O–H groups in total. The van der Waals surface area contributed by atoms with Crippen molar-refractivity contribution in [3.63, 3.8) is 0 Å². The van der Waals surface area contributed by atoms with Crippen LogP contribution in [0.3, 0.4) is 0 Å². The topological polar surface area (TPSA) is 62.2 Å². The van der Waals surface area contributed by atoms with Crippen LogP contribution in [0.4, 0.5) is 4.39 Å². The van der Waals surface area contributed by atoms with Crippen molar-refractivity contribution in [3.05, 3.63) is 41.3 Å². The third-order valence-corrected chi connectivity index (χ3v) is 5.06.